The maximum atomic E-state index is 12.5. The molecular weight excluding hydrogens is 995 g/mol. The van der Waals surface area contributed by atoms with E-state index in [2.05, 4.69) is 31.3 Å². The van der Waals surface area contributed by atoms with Crippen LogP contribution in [-0.4, -0.2) is 47.4 Å². The highest BCUT2D eigenvalue weighted by Crippen LogP contribution is 2.20. The van der Waals surface area contributed by atoms with Crippen LogP contribution in [0.5, 0.6) is 0 Å². The van der Waals surface area contributed by atoms with Gasteiger partial charge in [0.25, 0.3) is 0 Å². The lowest BCUT2D eigenvalue weighted by Gasteiger charge is -2.22. The van der Waals surface area contributed by atoms with Crippen LogP contribution >= 0.6 is 0 Å². The van der Waals surface area contributed by atoms with Crippen LogP contribution in [0.4, 0.5) is 0 Å². The Morgan fingerprint density at radius 1 is 0.333 bits per heavy atom. The van der Waals surface area contributed by atoms with Crippen molar-refractivity contribution in [1.82, 2.24) is 5.32 Å². The predicted molar refractivity (Wildman–Crippen MR) is 357 cm³/mol. The molecule has 0 aliphatic carbocycles. The number of amides is 1. The average molecular weight is 1140 g/mol. The number of hydrogen-bond donors (Lipinski definition) is 3. The van der Waals surface area contributed by atoms with Gasteiger partial charge in [0, 0.05) is 12.8 Å². The molecule has 0 rings (SSSR count). The first-order valence-electron chi connectivity index (χ1n) is 37.4. The van der Waals surface area contributed by atoms with Crippen LogP contribution in [0.1, 0.15) is 431 Å². The molecule has 0 radical (unpaired) electrons. The number of ether oxygens (including phenoxy) is 1. The van der Waals surface area contributed by atoms with E-state index < -0.39 is 12.1 Å². The van der Waals surface area contributed by atoms with Crippen molar-refractivity contribution < 1.29 is 24.5 Å². The van der Waals surface area contributed by atoms with Crippen LogP contribution < -0.4 is 5.32 Å². The first-order valence-corrected chi connectivity index (χ1v) is 37.4. The van der Waals surface area contributed by atoms with Crippen molar-refractivity contribution in [3.05, 3.63) is 12.2 Å². The third kappa shape index (κ3) is 67.6. The van der Waals surface area contributed by atoms with Gasteiger partial charge in [-0.15, -0.1) is 0 Å². The van der Waals surface area contributed by atoms with E-state index in [0.717, 1.165) is 38.5 Å². The Balaban J connectivity index is 3.28. The van der Waals surface area contributed by atoms with Gasteiger partial charge >= 0.3 is 5.97 Å². The summed E-state index contributed by atoms with van der Waals surface area (Å²) >= 11 is 0. The highest BCUT2D eigenvalue weighted by Gasteiger charge is 2.20. The van der Waals surface area contributed by atoms with Crippen molar-refractivity contribution in [1.29, 1.82) is 0 Å². The summed E-state index contributed by atoms with van der Waals surface area (Å²) < 4.78 is 5.51. The van der Waals surface area contributed by atoms with Gasteiger partial charge in [-0.2, -0.15) is 0 Å². The lowest BCUT2D eigenvalue weighted by molar-refractivity contribution is -0.143. The van der Waals surface area contributed by atoms with Gasteiger partial charge in [0.05, 0.1) is 25.4 Å². The topological polar surface area (TPSA) is 95.9 Å². The molecule has 0 saturated carbocycles. The molecule has 0 heterocycles. The standard InChI is InChI=1S/C75H147NO5/c1-3-5-7-9-11-13-15-16-17-39-43-46-49-53-57-61-65-69-75(80)81-70-66-62-58-54-50-47-44-41-38-36-34-32-30-28-26-24-22-20-18-19-21-23-25-27-29-31-33-35-37-40-42-45-48-52-56-60-64-68-74(79)76-72(71-77)73(78)67-63-59-55-51-14-12-10-8-6-4-2/h18,20,72-73,77-78H,3-17,19,21-71H2,1-2H3,(H,76,79)/b20-18-. The molecule has 0 aromatic carbocycles. The highest BCUT2D eigenvalue weighted by atomic mass is 16.5. The number of esters is 1. The molecule has 0 aromatic rings. The number of allylic oxidation sites excluding steroid dienone is 2. The molecule has 6 heteroatoms. The predicted octanol–water partition coefficient (Wildman–Crippen LogP) is 24.3. The molecule has 0 fully saturated rings. The van der Waals surface area contributed by atoms with E-state index in [1.807, 2.05) is 0 Å². The van der Waals surface area contributed by atoms with Crippen molar-refractivity contribution >= 4 is 11.9 Å². The van der Waals surface area contributed by atoms with Gasteiger partial charge in [-0.1, -0.05) is 379 Å². The third-order valence-electron chi connectivity index (χ3n) is 17.8. The fourth-order valence-corrected chi connectivity index (χ4v) is 12.1. The van der Waals surface area contributed by atoms with Crippen LogP contribution in [0.3, 0.4) is 0 Å². The monoisotopic (exact) mass is 1140 g/mol. The van der Waals surface area contributed by atoms with Crippen molar-refractivity contribution in [3.8, 4) is 0 Å². The van der Waals surface area contributed by atoms with E-state index >= 15 is 0 Å². The van der Waals surface area contributed by atoms with Crippen LogP contribution in [-0.2, 0) is 14.3 Å². The number of carbonyl (C=O) groups is 2. The van der Waals surface area contributed by atoms with Crippen LogP contribution in [0.2, 0.25) is 0 Å². The summed E-state index contributed by atoms with van der Waals surface area (Å²) in [5.74, 6) is -0.00389. The maximum Gasteiger partial charge on any atom is 0.305 e. The lowest BCUT2D eigenvalue weighted by Crippen LogP contribution is -2.45. The van der Waals surface area contributed by atoms with Crippen LogP contribution in [0.15, 0.2) is 12.2 Å². The van der Waals surface area contributed by atoms with Gasteiger partial charge in [-0.3, -0.25) is 9.59 Å². The molecule has 0 aliphatic heterocycles. The van der Waals surface area contributed by atoms with Gasteiger partial charge < -0.3 is 20.3 Å². The summed E-state index contributed by atoms with van der Waals surface area (Å²) in [5, 5.41) is 23.2. The molecule has 3 N–H and O–H groups in total. The molecule has 2 unspecified atom stereocenters. The van der Waals surface area contributed by atoms with E-state index in [0.29, 0.717) is 25.9 Å². The van der Waals surface area contributed by atoms with E-state index in [4.69, 9.17) is 4.74 Å². The van der Waals surface area contributed by atoms with Crippen LogP contribution in [0.25, 0.3) is 0 Å². The highest BCUT2D eigenvalue weighted by molar-refractivity contribution is 5.76. The summed E-state index contributed by atoms with van der Waals surface area (Å²) in [6, 6.07) is -0.536. The Bertz CT molecular complexity index is 1220. The van der Waals surface area contributed by atoms with Crippen molar-refractivity contribution in [3.63, 3.8) is 0 Å². The maximum absolute atomic E-state index is 12.5. The minimum Gasteiger partial charge on any atom is -0.466 e. The summed E-state index contributed by atoms with van der Waals surface area (Å²) in [4.78, 5) is 24.6. The average Bonchev–Trinajstić information content (AvgIpc) is 3.47. The Labute approximate surface area is 508 Å². The summed E-state index contributed by atoms with van der Waals surface area (Å²) in [6.07, 6.45) is 88.8. The second kappa shape index (κ2) is 71.1. The number of carbonyl (C=O) groups excluding carboxylic acids is 2. The number of aliphatic hydroxyl groups is 2. The number of hydrogen-bond acceptors (Lipinski definition) is 5. The lowest BCUT2D eigenvalue weighted by atomic mass is 10.0. The zero-order valence-corrected chi connectivity index (χ0v) is 55.3. The normalized spacial score (nSPS) is 12.5. The van der Waals surface area contributed by atoms with Gasteiger partial charge in [-0.05, 0) is 51.4 Å². The molecule has 81 heavy (non-hydrogen) atoms. The van der Waals surface area contributed by atoms with E-state index in [-0.39, 0.29) is 18.5 Å². The molecule has 0 bridgehead atoms. The quantitative estimate of drug-likeness (QED) is 0.0320. The Morgan fingerprint density at radius 3 is 0.877 bits per heavy atom. The minimum atomic E-state index is -0.659. The summed E-state index contributed by atoms with van der Waals surface area (Å²) in [6.45, 7) is 4.98. The van der Waals surface area contributed by atoms with E-state index in [9.17, 15) is 19.8 Å². The molecule has 2 atom stereocenters. The van der Waals surface area contributed by atoms with E-state index in [1.165, 1.54) is 360 Å². The first-order chi connectivity index (χ1) is 40.0. The molecule has 1 amide bonds. The Morgan fingerprint density at radius 2 is 0.580 bits per heavy atom. The molecule has 6 nitrogen and oxygen atoms in total. The fourth-order valence-electron chi connectivity index (χ4n) is 12.1. The number of unbranched alkanes of at least 4 members (excludes halogenated alkanes) is 58. The second-order valence-corrected chi connectivity index (χ2v) is 26.0. The molecule has 0 spiro atoms. The van der Waals surface area contributed by atoms with Gasteiger partial charge in [-0.25, -0.2) is 0 Å². The van der Waals surface area contributed by atoms with Gasteiger partial charge in [0.2, 0.25) is 5.91 Å². The first kappa shape index (κ1) is 79.6. The fraction of sp³-hybridized carbons (Fsp3) is 0.947. The Hall–Kier alpha value is -1.40. The largest absolute Gasteiger partial charge is 0.466 e. The van der Waals surface area contributed by atoms with Gasteiger partial charge in [0.1, 0.15) is 0 Å². The number of aliphatic hydroxyl groups excluding tert-OH is 2. The van der Waals surface area contributed by atoms with E-state index in [1.54, 1.807) is 0 Å². The zero-order valence-electron chi connectivity index (χ0n) is 55.3. The number of nitrogens with one attached hydrogen (secondary N) is 1. The third-order valence-corrected chi connectivity index (χ3v) is 17.8. The smallest absolute Gasteiger partial charge is 0.305 e. The zero-order chi connectivity index (χ0) is 58.5. The molecule has 482 valence electrons. The SMILES string of the molecule is CCCCCCCCCCCCCCCCCCCC(=O)OCCCCCCCCCCCCCCCCCC/C=C\CCCCCCCCCCCCCCCCCCCC(=O)NC(CO)C(O)CCCCCCCCCCCC. The molecule has 0 aliphatic rings. The Kier molecular flexibility index (Phi) is 69.9. The molecule has 0 saturated heterocycles. The molecular formula is C75H147NO5. The van der Waals surface area contributed by atoms with Crippen LogP contribution in [0, 0.1) is 0 Å². The van der Waals surface area contributed by atoms with Crippen molar-refractivity contribution in [2.45, 2.75) is 443 Å². The number of rotatable bonds is 71. The van der Waals surface area contributed by atoms with Crippen molar-refractivity contribution in [2.75, 3.05) is 13.2 Å². The minimum absolute atomic E-state index is 0.0263. The van der Waals surface area contributed by atoms with Crippen molar-refractivity contribution in [2.24, 2.45) is 0 Å². The van der Waals surface area contributed by atoms with Gasteiger partial charge in [0.15, 0.2) is 0 Å². The summed E-state index contributed by atoms with van der Waals surface area (Å²) in [7, 11) is 0. The summed E-state index contributed by atoms with van der Waals surface area (Å²) in [5.41, 5.74) is 0. The molecule has 0 aromatic heterocycles. The second-order valence-electron chi connectivity index (χ2n) is 26.0.